The van der Waals surface area contributed by atoms with Crippen molar-refractivity contribution in [3.63, 3.8) is 0 Å². The van der Waals surface area contributed by atoms with E-state index in [0.717, 1.165) is 29.8 Å². The molecule has 0 bridgehead atoms. The Bertz CT molecular complexity index is 822. The molecular weight excluding hydrogens is 312 g/mol. The smallest absolute Gasteiger partial charge is 0.294 e. The molecule has 2 rings (SSSR count). The van der Waals surface area contributed by atoms with Crippen molar-refractivity contribution in [2.45, 2.75) is 24.7 Å². The summed E-state index contributed by atoms with van der Waals surface area (Å²) >= 11 is 0. The van der Waals surface area contributed by atoms with E-state index in [1.165, 1.54) is 12.1 Å². The summed E-state index contributed by atoms with van der Waals surface area (Å²) in [5, 5.41) is 12.0. The lowest BCUT2D eigenvalue weighted by Crippen LogP contribution is -2.05. The number of benzene rings is 2. The van der Waals surface area contributed by atoms with Crippen molar-refractivity contribution in [2.24, 2.45) is 0 Å². The lowest BCUT2D eigenvalue weighted by molar-refractivity contribution is 0.483. The van der Waals surface area contributed by atoms with Gasteiger partial charge in [0.25, 0.3) is 10.1 Å². The van der Waals surface area contributed by atoms with Crippen LogP contribution < -0.4 is 5.32 Å². The maximum absolute atomic E-state index is 11.2. The van der Waals surface area contributed by atoms with E-state index in [9.17, 15) is 8.42 Å². The van der Waals surface area contributed by atoms with Crippen LogP contribution in [0.15, 0.2) is 47.4 Å². The Hall–Kier alpha value is -2.36. The van der Waals surface area contributed by atoms with Crippen LogP contribution in [0.2, 0.25) is 0 Å². The van der Waals surface area contributed by atoms with Crippen LogP contribution in [0, 0.1) is 18.3 Å². The third-order valence-electron chi connectivity index (χ3n) is 3.58. The Balaban J connectivity index is 1.92. The van der Waals surface area contributed by atoms with E-state index in [2.05, 4.69) is 11.4 Å². The minimum atomic E-state index is -4.16. The number of hydrogen-bond donors (Lipinski definition) is 2. The molecule has 0 spiro atoms. The fourth-order valence-electron chi connectivity index (χ4n) is 2.25. The summed E-state index contributed by atoms with van der Waals surface area (Å²) in [7, 11) is -4.16. The molecule has 0 unspecified atom stereocenters. The standard InChI is InChI=1S/C17H18N2O3S/c1-13-4-9-17(23(20,21)22)11-15(13)3-2-10-19-16-7-5-14(12-18)6-8-16/h4-9,11,19H,2-3,10H2,1H3,(H,20,21,22). The molecule has 2 aromatic carbocycles. The van der Waals surface area contributed by atoms with E-state index < -0.39 is 10.1 Å². The Labute approximate surface area is 136 Å². The maximum Gasteiger partial charge on any atom is 0.294 e. The normalized spacial score (nSPS) is 11.0. The van der Waals surface area contributed by atoms with E-state index >= 15 is 0 Å². The highest BCUT2D eigenvalue weighted by molar-refractivity contribution is 7.85. The van der Waals surface area contributed by atoms with Gasteiger partial charge in [-0.2, -0.15) is 13.7 Å². The third kappa shape index (κ3) is 4.81. The average Bonchev–Trinajstić information content (AvgIpc) is 2.52. The Morgan fingerprint density at radius 1 is 1.17 bits per heavy atom. The molecule has 0 saturated carbocycles. The molecule has 0 heterocycles. The third-order valence-corrected chi connectivity index (χ3v) is 4.43. The van der Waals surface area contributed by atoms with Crippen molar-refractivity contribution in [2.75, 3.05) is 11.9 Å². The molecule has 120 valence electrons. The number of rotatable bonds is 6. The Morgan fingerprint density at radius 2 is 1.87 bits per heavy atom. The topological polar surface area (TPSA) is 90.2 Å². The summed E-state index contributed by atoms with van der Waals surface area (Å²) < 4.78 is 31.5. The van der Waals surface area contributed by atoms with Crippen LogP contribution in [0.4, 0.5) is 5.69 Å². The largest absolute Gasteiger partial charge is 0.385 e. The predicted molar refractivity (Wildman–Crippen MR) is 89.0 cm³/mol. The van der Waals surface area contributed by atoms with Crippen molar-refractivity contribution >= 4 is 15.8 Å². The van der Waals surface area contributed by atoms with E-state index in [4.69, 9.17) is 9.81 Å². The molecule has 6 heteroatoms. The van der Waals surface area contributed by atoms with Crippen molar-refractivity contribution in [1.29, 1.82) is 5.26 Å². The maximum atomic E-state index is 11.2. The van der Waals surface area contributed by atoms with Crippen LogP contribution in [0.5, 0.6) is 0 Å². The van der Waals surface area contributed by atoms with Gasteiger partial charge in [-0.05, 0) is 67.3 Å². The van der Waals surface area contributed by atoms with Gasteiger partial charge in [-0.25, -0.2) is 0 Å². The first-order valence-electron chi connectivity index (χ1n) is 7.21. The van der Waals surface area contributed by atoms with Crippen molar-refractivity contribution in [3.8, 4) is 6.07 Å². The molecule has 0 atom stereocenters. The molecule has 5 nitrogen and oxygen atoms in total. The summed E-state index contributed by atoms with van der Waals surface area (Å²) in [6.07, 6.45) is 1.52. The van der Waals surface area contributed by atoms with Gasteiger partial charge in [-0.3, -0.25) is 4.55 Å². The van der Waals surface area contributed by atoms with E-state index in [-0.39, 0.29) is 4.90 Å². The highest BCUT2D eigenvalue weighted by Gasteiger charge is 2.11. The fraction of sp³-hybridized carbons (Fsp3) is 0.235. The van der Waals surface area contributed by atoms with Gasteiger partial charge in [0.2, 0.25) is 0 Å². The zero-order chi connectivity index (χ0) is 16.9. The first kappa shape index (κ1) is 17.0. The molecule has 2 N–H and O–H groups in total. The second kappa shape index (κ2) is 7.27. The molecule has 23 heavy (non-hydrogen) atoms. The zero-order valence-corrected chi connectivity index (χ0v) is 13.6. The van der Waals surface area contributed by atoms with Gasteiger partial charge in [-0.1, -0.05) is 6.07 Å². The van der Waals surface area contributed by atoms with E-state index in [0.29, 0.717) is 12.0 Å². The molecule has 0 aliphatic carbocycles. The van der Waals surface area contributed by atoms with Crippen LogP contribution in [0.25, 0.3) is 0 Å². The first-order valence-corrected chi connectivity index (χ1v) is 8.65. The number of hydrogen-bond acceptors (Lipinski definition) is 4. The lowest BCUT2D eigenvalue weighted by atomic mass is 10.0. The highest BCUT2D eigenvalue weighted by Crippen LogP contribution is 2.17. The van der Waals surface area contributed by atoms with E-state index in [1.807, 2.05) is 19.1 Å². The van der Waals surface area contributed by atoms with Crippen molar-refractivity contribution in [3.05, 3.63) is 59.2 Å². The molecule has 0 saturated heterocycles. The lowest BCUT2D eigenvalue weighted by Gasteiger charge is -2.09. The molecule has 0 aromatic heterocycles. The molecule has 0 aliphatic rings. The second-order valence-electron chi connectivity index (χ2n) is 5.28. The molecule has 0 amide bonds. The molecule has 2 aromatic rings. The van der Waals surface area contributed by atoms with Crippen LogP contribution in [0.3, 0.4) is 0 Å². The zero-order valence-electron chi connectivity index (χ0n) is 12.8. The van der Waals surface area contributed by atoms with Gasteiger partial charge >= 0.3 is 0 Å². The predicted octanol–water partition coefficient (Wildman–Crippen LogP) is 3.16. The van der Waals surface area contributed by atoms with Gasteiger partial charge in [0, 0.05) is 12.2 Å². The van der Waals surface area contributed by atoms with Gasteiger partial charge in [0.15, 0.2) is 0 Å². The minimum Gasteiger partial charge on any atom is -0.385 e. The van der Waals surface area contributed by atoms with Gasteiger partial charge < -0.3 is 5.32 Å². The minimum absolute atomic E-state index is 0.0712. The monoisotopic (exact) mass is 330 g/mol. The number of aryl methyl sites for hydroxylation is 2. The Kier molecular flexibility index (Phi) is 5.37. The molecular formula is C17H18N2O3S. The number of nitrogens with one attached hydrogen (secondary N) is 1. The van der Waals surface area contributed by atoms with Crippen LogP contribution in [-0.4, -0.2) is 19.5 Å². The summed E-state index contributed by atoms with van der Waals surface area (Å²) in [5.74, 6) is 0. The first-order chi connectivity index (χ1) is 10.9. The number of anilines is 1. The van der Waals surface area contributed by atoms with Gasteiger partial charge in [0.1, 0.15) is 0 Å². The summed E-state index contributed by atoms with van der Waals surface area (Å²) in [6, 6.07) is 13.9. The number of nitriles is 1. The quantitative estimate of drug-likeness (QED) is 0.627. The molecule has 0 radical (unpaired) electrons. The van der Waals surface area contributed by atoms with Crippen LogP contribution in [-0.2, 0) is 16.5 Å². The van der Waals surface area contributed by atoms with Crippen molar-refractivity contribution < 1.29 is 13.0 Å². The molecule has 0 fully saturated rings. The van der Waals surface area contributed by atoms with Gasteiger partial charge in [0.05, 0.1) is 16.5 Å². The summed E-state index contributed by atoms with van der Waals surface area (Å²) in [6.45, 7) is 2.64. The average molecular weight is 330 g/mol. The second-order valence-corrected chi connectivity index (χ2v) is 6.70. The van der Waals surface area contributed by atoms with Crippen molar-refractivity contribution in [1.82, 2.24) is 0 Å². The summed E-state index contributed by atoms with van der Waals surface area (Å²) in [5.41, 5.74) is 3.46. The Morgan fingerprint density at radius 3 is 2.48 bits per heavy atom. The summed E-state index contributed by atoms with van der Waals surface area (Å²) in [4.78, 5) is -0.0712. The SMILES string of the molecule is Cc1ccc(S(=O)(=O)O)cc1CCCNc1ccc(C#N)cc1. The van der Waals surface area contributed by atoms with Crippen LogP contribution in [0.1, 0.15) is 23.1 Å². The van der Waals surface area contributed by atoms with Crippen LogP contribution >= 0.6 is 0 Å². The highest BCUT2D eigenvalue weighted by atomic mass is 32.2. The van der Waals surface area contributed by atoms with Gasteiger partial charge in [-0.15, -0.1) is 0 Å². The van der Waals surface area contributed by atoms with E-state index in [1.54, 1.807) is 18.2 Å². The molecule has 0 aliphatic heterocycles. The fourth-order valence-corrected chi connectivity index (χ4v) is 2.78. The number of nitrogens with zero attached hydrogens (tertiary/aromatic N) is 1.